The molecule has 1 N–H and O–H groups in total. The molecule has 1 aromatic carbocycles. The number of ether oxygens (including phenoxy) is 1. The molecule has 0 unspecified atom stereocenters. The van der Waals surface area contributed by atoms with Crippen molar-refractivity contribution in [3.05, 3.63) is 35.4 Å². The monoisotopic (exact) mass is 263 g/mol. The second kappa shape index (κ2) is 6.68. The van der Waals surface area contributed by atoms with E-state index in [1.807, 2.05) is 18.2 Å². The molecular formula is C15H21NO3. The van der Waals surface area contributed by atoms with E-state index in [0.29, 0.717) is 18.2 Å². The molecular weight excluding hydrogens is 242 g/mol. The summed E-state index contributed by atoms with van der Waals surface area (Å²) in [6.45, 7) is 1.64. The second-order valence-corrected chi connectivity index (χ2v) is 4.97. The number of esters is 1. The van der Waals surface area contributed by atoms with Gasteiger partial charge in [-0.1, -0.05) is 18.6 Å². The largest absolute Gasteiger partial charge is 0.465 e. The molecule has 4 nitrogen and oxygen atoms in total. The Kier molecular flexibility index (Phi) is 4.93. The predicted octanol–water partition coefficient (Wildman–Crippen LogP) is 1.82. The number of aliphatic hydroxyl groups excluding tert-OH is 1. The highest BCUT2D eigenvalue weighted by Gasteiger charge is 2.24. The minimum atomic E-state index is -0.306. The van der Waals surface area contributed by atoms with Crippen molar-refractivity contribution in [3.8, 4) is 0 Å². The summed E-state index contributed by atoms with van der Waals surface area (Å²) in [5, 5.41) is 9.15. The van der Waals surface area contributed by atoms with E-state index in [0.717, 1.165) is 12.1 Å². The van der Waals surface area contributed by atoms with Gasteiger partial charge in [-0.2, -0.15) is 0 Å². The van der Waals surface area contributed by atoms with Crippen molar-refractivity contribution in [2.24, 2.45) is 0 Å². The van der Waals surface area contributed by atoms with Crippen LogP contribution in [0.5, 0.6) is 0 Å². The Morgan fingerprint density at radius 3 is 2.84 bits per heavy atom. The first kappa shape index (κ1) is 14.0. The fourth-order valence-electron chi connectivity index (χ4n) is 2.42. The van der Waals surface area contributed by atoms with Crippen molar-refractivity contribution in [2.75, 3.05) is 20.3 Å². The van der Waals surface area contributed by atoms with Crippen LogP contribution in [0.4, 0.5) is 0 Å². The van der Waals surface area contributed by atoms with E-state index in [1.54, 1.807) is 6.07 Å². The molecule has 0 saturated heterocycles. The van der Waals surface area contributed by atoms with Crippen LogP contribution in [-0.2, 0) is 11.3 Å². The second-order valence-electron chi connectivity index (χ2n) is 4.97. The Bertz CT molecular complexity index is 429. The summed E-state index contributed by atoms with van der Waals surface area (Å²) in [5.74, 6) is -0.306. The fourth-order valence-corrected chi connectivity index (χ4v) is 2.42. The lowest BCUT2D eigenvalue weighted by molar-refractivity contribution is 0.0600. The zero-order valence-electron chi connectivity index (χ0n) is 11.3. The van der Waals surface area contributed by atoms with Gasteiger partial charge in [-0.15, -0.1) is 0 Å². The van der Waals surface area contributed by atoms with Gasteiger partial charge in [0.15, 0.2) is 0 Å². The van der Waals surface area contributed by atoms with Crippen molar-refractivity contribution in [1.29, 1.82) is 0 Å². The number of nitrogens with zero attached hydrogens (tertiary/aromatic N) is 1. The van der Waals surface area contributed by atoms with E-state index in [9.17, 15) is 4.79 Å². The summed E-state index contributed by atoms with van der Waals surface area (Å²) in [4.78, 5) is 13.8. The first-order valence-corrected chi connectivity index (χ1v) is 6.76. The van der Waals surface area contributed by atoms with Crippen molar-refractivity contribution in [3.63, 3.8) is 0 Å². The maximum Gasteiger partial charge on any atom is 0.337 e. The van der Waals surface area contributed by atoms with Gasteiger partial charge in [0, 0.05) is 19.1 Å². The summed E-state index contributed by atoms with van der Waals surface area (Å²) in [7, 11) is 1.39. The molecule has 0 aromatic heterocycles. The number of carbonyl (C=O) groups excluding carboxylic acids is 1. The van der Waals surface area contributed by atoms with E-state index >= 15 is 0 Å². The average molecular weight is 263 g/mol. The van der Waals surface area contributed by atoms with Crippen LogP contribution in [0.25, 0.3) is 0 Å². The number of aliphatic hydroxyl groups is 1. The van der Waals surface area contributed by atoms with E-state index in [-0.39, 0.29) is 12.6 Å². The highest BCUT2D eigenvalue weighted by Crippen LogP contribution is 2.26. The smallest absolute Gasteiger partial charge is 0.337 e. The third-order valence-electron chi connectivity index (χ3n) is 3.71. The number of hydrogen-bond donors (Lipinski definition) is 1. The summed E-state index contributed by atoms with van der Waals surface area (Å²) in [6.07, 6.45) is 3.68. The van der Waals surface area contributed by atoms with Crippen molar-refractivity contribution in [2.45, 2.75) is 31.8 Å². The quantitative estimate of drug-likeness (QED) is 0.795. The SMILES string of the molecule is COC(=O)c1cccc(CN(CCO)C2CCC2)c1. The zero-order chi connectivity index (χ0) is 13.7. The molecule has 0 bridgehead atoms. The Morgan fingerprint density at radius 2 is 2.26 bits per heavy atom. The normalized spacial score (nSPS) is 15.3. The maximum absolute atomic E-state index is 11.5. The van der Waals surface area contributed by atoms with Crippen LogP contribution in [0.1, 0.15) is 35.2 Å². The van der Waals surface area contributed by atoms with Crippen LogP contribution in [0.15, 0.2) is 24.3 Å². The first-order chi connectivity index (χ1) is 9.24. The Morgan fingerprint density at radius 1 is 1.47 bits per heavy atom. The molecule has 1 aliphatic carbocycles. The first-order valence-electron chi connectivity index (χ1n) is 6.76. The zero-order valence-corrected chi connectivity index (χ0v) is 11.3. The van der Waals surface area contributed by atoms with Crippen LogP contribution in [-0.4, -0.2) is 42.3 Å². The highest BCUT2D eigenvalue weighted by molar-refractivity contribution is 5.89. The van der Waals surface area contributed by atoms with Crippen LogP contribution < -0.4 is 0 Å². The fraction of sp³-hybridized carbons (Fsp3) is 0.533. The van der Waals surface area contributed by atoms with Crippen LogP contribution >= 0.6 is 0 Å². The summed E-state index contributed by atoms with van der Waals surface area (Å²) < 4.78 is 4.73. The molecule has 0 heterocycles. The Hall–Kier alpha value is -1.39. The van der Waals surface area contributed by atoms with Crippen LogP contribution in [0.2, 0.25) is 0 Å². The summed E-state index contributed by atoms with van der Waals surface area (Å²) in [6, 6.07) is 8.09. The highest BCUT2D eigenvalue weighted by atomic mass is 16.5. The molecule has 0 amide bonds. The van der Waals surface area contributed by atoms with Gasteiger partial charge in [0.1, 0.15) is 0 Å². The predicted molar refractivity (Wildman–Crippen MR) is 72.9 cm³/mol. The molecule has 0 atom stereocenters. The molecule has 1 saturated carbocycles. The van der Waals surface area contributed by atoms with Gasteiger partial charge in [-0.3, -0.25) is 4.90 Å². The van der Waals surface area contributed by atoms with Crippen molar-refractivity contribution < 1.29 is 14.6 Å². The van der Waals surface area contributed by atoms with Gasteiger partial charge >= 0.3 is 5.97 Å². The molecule has 0 aliphatic heterocycles. The standard InChI is InChI=1S/C15H21NO3/c1-19-15(18)13-5-2-4-12(10-13)11-16(8-9-17)14-6-3-7-14/h2,4-5,10,14,17H,3,6-9,11H2,1H3. The molecule has 1 fully saturated rings. The van der Waals surface area contributed by atoms with E-state index in [4.69, 9.17) is 9.84 Å². The molecule has 0 spiro atoms. The lowest BCUT2D eigenvalue weighted by Crippen LogP contribution is -2.41. The van der Waals surface area contributed by atoms with Crippen molar-refractivity contribution in [1.82, 2.24) is 4.90 Å². The number of carbonyl (C=O) groups is 1. The van der Waals surface area contributed by atoms with E-state index in [1.165, 1.54) is 26.4 Å². The van der Waals surface area contributed by atoms with Gasteiger partial charge in [0.05, 0.1) is 19.3 Å². The molecule has 104 valence electrons. The van der Waals surface area contributed by atoms with Crippen molar-refractivity contribution >= 4 is 5.97 Å². The van der Waals surface area contributed by atoms with Gasteiger partial charge < -0.3 is 9.84 Å². The number of hydrogen-bond acceptors (Lipinski definition) is 4. The van der Waals surface area contributed by atoms with Crippen LogP contribution in [0.3, 0.4) is 0 Å². The lowest BCUT2D eigenvalue weighted by atomic mass is 9.91. The average Bonchev–Trinajstić information content (AvgIpc) is 2.36. The van der Waals surface area contributed by atoms with E-state index in [2.05, 4.69) is 4.90 Å². The molecule has 1 aliphatic rings. The number of benzene rings is 1. The topological polar surface area (TPSA) is 49.8 Å². The Balaban J connectivity index is 2.05. The minimum absolute atomic E-state index is 0.174. The van der Waals surface area contributed by atoms with Gasteiger partial charge in [-0.05, 0) is 30.5 Å². The lowest BCUT2D eigenvalue weighted by Gasteiger charge is -2.37. The van der Waals surface area contributed by atoms with Gasteiger partial charge in [0.2, 0.25) is 0 Å². The van der Waals surface area contributed by atoms with Gasteiger partial charge in [-0.25, -0.2) is 4.79 Å². The molecule has 0 radical (unpaired) electrons. The van der Waals surface area contributed by atoms with E-state index < -0.39 is 0 Å². The third kappa shape index (κ3) is 3.55. The van der Waals surface area contributed by atoms with Crippen LogP contribution in [0, 0.1) is 0 Å². The Labute approximate surface area is 114 Å². The molecule has 4 heteroatoms. The third-order valence-corrected chi connectivity index (χ3v) is 3.71. The molecule has 19 heavy (non-hydrogen) atoms. The van der Waals surface area contributed by atoms with Gasteiger partial charge in [0.25, 0.3) is 0 Å². The number of rotatable bonds is 6. The molecule has 2 rings (SSSR count). The summed E-state index contributed by atoms with van der Waals surface area (Å²) in [5.41, 5.74) is 1.67. The maximum atomic E-state index is 11.5. The molecule has 1 aromatic rings. The summed E-state index contributed by atoms with van der Waals surface area (Å²) >= 11 is 0. The minimum Gasteiger partial charge on any atom is -0.465 e. The number of methoxy groups -OCH3 is 1.